The van der Waals surface area contributed by atoms with Gasteiger partial charge in [0, 0.05) is 24.6 Å². The summed E-state index contributed by atoms with van der Waals surface area (Å²) < 4.78 is 16.8. The molecule has 0 unspecified atom stereocenters. The van der Waals surface area contributed by atoms with E-state index in [1.807, 2.05) is 6.07 Å². The van der Waals surface area contributed by atoms with Crippen molar-refractivity contribution < 1.29 is 14.2 Å². The van der Waals surface area contributed by atoms with Gasteiger partial charge in [-0.2, -0.15) is 0 Å². The molecule has 3 rings (SSSR count). The van der Waals surface area contributed by atoms with Gasteiger partial charge in [0.2, 0.25) is 5.28 Å². The molecular formula is C16H18ClN3O3. The first-order chi connectivity index (χ1) is 11.2. The van der Waals surface area contributed by atoms with E-state index in [1.54, 1.807) is 25.4 Å². The zero-order valence-corrected chi connectivity index (χ0v) is 13.5. The van der Waals surface area contributed by atoms with Crippen molar-refractivity contribution in [3.63, 3.8) is 0 Å². The molecule has 0 atom stereocenters. The zero-order chi connectivity index (χ0) is 16.2. The van der Waals surface area contributed by atoms with Gasteiger partial charge in [-0.05, 0) is 29.8 Å². The van der Waals surface area contributed by atoms with E-state index in [2.05, 4.69) is 9.97 Å². The number of anilines is 1. The highest BCUT2D eigenvalue weighted by molar-refractivity contribution is 6.28. The molecule has 0 bridgehead atoms. The quantitative estimate of drug-likeness (QED) is 0.683. The van der Waals surface area contributed by atoms with Crippen molar-refractivity contribution >= 4 is 17.3 Å². The molecule has 0 spiro atoms. The second-order valence-corrected chi connectivity index (χ2v) is 5.58. The summed E-state index contributed by atoms with van der Waals surface area (Å²) in [4.78, 5) is 8.07. The second-order valence-electron chi connectivity index (χ2n) is 5.24. The van der Waals surface area contributed by atoms with Crippen LogP contribution in [-0.2, 0) is 4.74 Å². The van der Waals surface area contributed by atoms with E-state index in [0.717, 1.165) is 18.4 Å². The normalized spacial score (nSPS) is 15.4. The molecule has 1 aromatic heterocycles. The number of hydrogen-bond acceptors (Lipinski definition) is 6. The summed E-state index contributed by atoms with van der Waals surface area (Å²) in [6, 6.07) is 5.40. The van der Waals surface area contributed by atoms with Crippen LogP contribution in [-0.4, -0.2) is 36.4 Å². The molecule has 2 N–H and O–H groups in total. The molecule has 1 saturated heterocycles. The zero-order valence-electron chi connectivity index (χ0n) is 12.8. The SMILES string of the molecule is COc1cc(-c2ccnc(Cl)n2)cc(N)c1OC1CCOCC1. The first-order valence-corrected chi connectivity index (χ1v) is 7.76. The molecule has 6 nitrogen and oxygen atoms in total. The maximum atomic E-state index is 6.18. The van der Waals surface area contributed by atoms with Crippen LogP contribution in [0.3, 0.4) is 0 Å². The van der Waals surface area contributed by atoms with Crippen LogP contribution in [0.25, 0.3) is 11.3 Å². The first kappa shape index (κ1) is 15.8. The van der Waals surface area contributed by atoms with E-state index in [4.69, 9.17) is 31.5 Å². The first-order valence-electron chi connectivity index (χ1n) is 7.38. The molecule has 0 saturated carbocycles. The van der Waals surface area contributed by atoms with Crippen molar-refractivity contribution in [3.8, 4) is 22.8 Å². The second kappa shape index (κ2) is 7.02. The van der Waals surface area contributed by atoms with Gasteiger partial charge in [0.25, 0.3) is 0 Å². The Kier molecular flexibility index (Phi) is 4.83. The topological polar surface area (TPSA) is 79.5 Å². The summed E-state index contributed by atoms with van der Waals surface area (Å²) in [6.45, 7) is 1.40. The number of halogens is 1. The van der Waals surface area contributed by atoms with Gasteiger partial charge in [0.1, 0.15) is 6.10 Å². The smallest absolute Gasteiger partial charge is 0.222 e. The third-order valence-corrected chi connectivity index (χ3v) is 3.86. The summed E-state index contributed by atoms with van der Waals surface area (Å²) in [5.41, 5.74) is 8.15. The minimum absolute atomic E-state index is 0.0827. The van der Waals surface area contributed by atoms with Crippen LogP contribution in [0.4, 0.5) is 5.69 Å². The molecule has 2 aromatic rings. The Morgan fingerprint density at radius 2 is 2.09 bits per heavy atom. The average molecular weight is 336 g/mol. The standard InChI is InChI=1S/C16H18ClN3O3/c1-21-14-9-10(13-2-5-19-16(17)20-13)8-12(18)15(14)23-11-3-6-22-7-4-11/h2,5,8-9,11H,3-4,6-7,18H2,1H3. The van der Waals surface area contributed by atoms with E-state index >= 15 is 0 Å². The molecule has 1 aromatic carbocycles. The fraction of sp³-hybridized carbons (Fsp3) is 0.375. The Morgan fingerprint density at radius 3 is 2.78 bits per heavy atom. The van der Waals surface area contributed by atoms with Crippen LogP contribution in [0.1, 0.15) is 12.8 Å². The van der Waals surface area contributed by atoms with Gasteiger partial charge in [-0.3, -0.25) is 0 Å². The number of nitrogen functional groups attached to an aromatic ring is 1. The maximum absolute atomic E-state index is 6.18. The molecule has 0 amide bonds. The third kappa shape index (κ3) is 3.65. The van der Waals surface area contributed by atoms with Crippen LogP contribution >= 0.6 is 11.6 Å². The molecule has 0 radical (unpaired) electrons. The summed E-state index contributed by atoms with van der Waals surface area (Å²) >= 11 is 5.85. The molecule has 7 heteroatoms. The number of methoxy groups -OCH3 is 1. The third-order valence-electron chi connectivity index (χ3n) is 3.68. The number of nitrogens with two attached hydrogens (primary N) is 1. The van der Waals surface area contributed by atoms with Crippen molar-refractivity contribution in [3.05, 3.63) is 29.7 Å². The lowest BCUT2D eigenvalue weighted by atomic mass is 10.1. The minimum Gasteiger partial charge on any atom is -0.493 e. The van der Waals surface area contributed by atoms with E-state index in [9.17, 15) is 0 Å². The lowest BCUT2D eigenvalue weighted by Gasteiger charge is -2.25. The fourth-order valence-corrected chi connectivity index (χ4v) is 2.65. The summed E-state index contributed by atoms with van der Waals surface area (Å²) in [5, 5.41) is 0.183. The maximum Gasteiger partial charge on any atom is 0.222 e. The van der Waals surface area contributed by atoms with Crippen molar-refractivity contribution in [2.75, 3.05) is 26.1 Å². The highest BCUT2D eigenvalue weighted by Gasteiger charge is 2.20. The van der Waals surface area contributed by atoms with Gasteiger partial charge >= 0.3 is 0 Å². The van der Waals surface area contributed by atoms with Crippen molar-refractivity contribution in [2.24, 2.45) is 0 Å². The van der Waals surface area contributed by atoms with Gasteiger partial charge < -0.3 is 19.9 Å². The van der Waals surface area contributed by atoms with Crippen LogP contribution in [0.2, 0.25) is 5.28 Å². The van der Waals surface area contributed by atoms with E-state index in [1.165, 1.54) is 0 Å². The highest BCUT2D eigenvalue weighted by atomic mass is 35.5. The molecule has 1 aliphatic rings. The van der Waals surface area contributed by atoms with E-state index in [0.29, 0.717) is 36.1 Å². The lowest BCUT2D eigenvalue weighted by Crippen LogP contribution is -2.26. The van der Waals surface area contributed by atoms with Crippen molar-refractivity contribution in [2.45, 2.75) is 18.9 Å². The predicted molar refractivity (Wildman–Crippen MR) is 87.9 cm³/mol. The summed E-state index contributed by atoms with van der Waals surface area (Å²) in [5.74, 6) is 1.13. The van der Waals surface area contributed by atoms with E-state index < -0.39 is 0 Å². The number of rotatable bonds is 4. The highest BCUT2D eigenvalue weighted by Crippen LogP contribution is 2.39. The van der Waals surface area contributed by atoms with Crippen LogP contribution in [0.5, 0.6) is 11.5 Å². The Labute approximate surface area is 139 Å². The van der Waals surface area contributed by atoms with Gasteiger partial charge in [-0.15, -0.1) is 0 Å². The number of hydrogen-bond donors (Lipinski definition) is 1. The van der Waals surface area contributed by atoms with Crippen LogP contribution in [0, 0.1) is 0 Å². The Balaban J connectivity index is 1.92. The molecule has 1 aliphatic heterocycles. The number of aromatic nitrogens is 2. The summed E-state index contributed by atoms with van der Waals surface area (Å²) in [7, 11) is 1.59. The predicted octanol–water partition coefficient (Wildman–Crippen LogP) is 2.95. The molecule has 0 aliphatic carbocycles. The monoisotopic (exact) mass is 335 g/mol. The Bertz CT molecular complexity index is 690. The molecular weight excluding hydrogens is 318 g/mol. The Hall–Kier alpha value is -2.05. The van der Waals surface area contributed by atoms with Crippen LogP contribution in [0.15, 0.2) is 24.4 Å². The van der Waals surface area contributed by atoms with Gasteiger partial charge in [-0.1, -0.05) is 0 Å². The van der Waals surface area contributed by atoms with Gasteiger partial charge in [0.15, 0.2) is 11.5 Å². The molecule has 122 valence electrons. The molecule has 1 fully saturated rings. The fourth-order valence-electron chi connectivity index (χ4n) is 2.51. The van der Waals surface area contributed by atoms with Gasteiger partial charge in [0.05, 0.1) is 31.7 Å². The van der Waals surface area contributed by atoms with Crippen LogP contribution < -0.4 is 15.2 Å². The Morgan fingerprint density at radius 1 is 1.30 bits per heavy atom. The lowest BCUT2D eigenvalue weighted by molar-refractivity contribution is 0.0249. The van der Waals surface area contributed by atoms with Crippen molar-refractivity contribution in [1.82, 2.24) is 9.97 Å². The van der Waals surface area contributed by atoms with E-state index in [-0.39, 0.29) is 11.4 Å². The summed E-state index contributed by atoms with van der Waals surface area (Å²) in [6.07, 6.45) is 3.36. The number of nitrogens with zero attached hydrogens (tertiary/aromatic N) is 2. The molecule has 23 heavy (non-hydrogen) atoms. The number of benzene rings is 1. The minimum atomic E-state index is 0.0827. The molecule has 2 heterocycles. The largest absolute Gasteiger partial charge is 0.493 e. The van der Waals surface area contributed by atoms with Crippen molar-refractivity contribution in [1.29, 1.82) is 0 Å². The number of ether oxygens (including phenoxy) is 3. The van der Waals surface area contributed by atoms with Gasteiger partial charge in [-0.25, -0.2) is 9.97 Å². The average Bonchev–Trinajstić information content (AvgIpc) is 2.57.